The van der Waals surface area contributed by atoms with Crippen molar-refractivity contribution < 1.29 is 19.1 Å². The van der Waals surface area contributed by atoms with Gasteiger partial charge in [-0.2, -0.15) is 0 Å². The second-order valence-corrected chi connectivity index (χ2v) is 7.04. The van der Waals surface area contributed by atoms with Crippen molar-refractivity contribution in [1.29, 1.82) is 0 Å². The maximum absolute atomic E-state index is 12.9. The van der Waals surface area contributed by atoms with E-state index in [0.29, 0.717) is 11.3 Å². The molecule has 0 heterocycles. The molecule has 0 aromatic heterocycles. The van der Waals surface area contributed by atoms with E-state index in [4.69, 9.17) is 4.74 Å². The van der Waals surface area contributed by atoms with Crippen LogP contribution in [0.25, 0.3) is 0 Å². The van der Waals surface area contributed by atoms with Crippen LogP contribution in [0.4, 0.5) is 5.69 Å². The monoisotopic (exact) mass is 416 g/mol. The second kappa shape index (κ2) is 10.2. The fourth-order valence-electron chi connectivity index (χ4n) is 3.26. The van der Waals surface area contributed by atoms with E-state index in [1.165, 1.54) is 7.11 Å². The lowest BCUT2D eigenvalue weighted by molar-refractivity contribution is -0.116. The van der Waals surface area contributed by atoms with Gasteiger partial charge >= 0.3 is 5.97 Å². The number of methoxy groups -OCH3 is 1. The third kappa shape index (κ3) is 5.57. The van der Waals surface area contributed by atoms with Gasteiger partial charge in [0.1, 0.15) is 0 Å². The molecule has 6 heteroatoms. The third-order valence-electron chi connectivity index (χ3n) is 4.88. The van der Waals surface area contributed by atoms with E-state index in [1.54, 1.807) is 49.4 Å². The van der Waals surface area contributed by atoms with Crippen molar-refractivity contribution in [2.45, 2.75) is 19.4 Å². The molecule has 3 rings (SSSR count). The molecule has 31 heavy (non-hydrogen) atoms. The van der Waals surface area contributed by atoms with E-state index in [2.05, 4.69) is 10.6 Å². The lowest BCUT2D eigenvalue weighted by atomic mass is 10.0. The summed E-state index contributed by atoms with van der Waals surface area (Å²) < 4.78 is 4.82. The smallest absolute Gasteiger partial charge is 0.339 e. The molecule has 3 aromatic carbocycles. The van der Waals surface area contributed by atoms with Crippen LogP contribution < -0.4 is 10.6 Å². The lowest BCUT2D eigenvalue weighted by Crippen LogP contribution is -2.31. The summed E-state index contributed by atoms with van der Waals surface area (Å²) in [5.74, 6) is -1.13. The average Bonchev–Trinajstić information content (AvgIpc) is 2.80. The van der Waals surface area contributed by atoms with Crippen molar-refractivity contribution in [2.24, 2.45) is 0 Å². The van der Waals surface area contributed by atoms with Gasteiger partial charge in [-0.05, 0) is 36.2 Å². The number of benzene rings is 3. The molecule has 1 atom stereocenters. The molecule has 0 aliphatic carbocycles. The number of hydrogen-bond acceptors (Lipinski definition) is 4. The van der Waals surface area contributed by atoms with E-state index in [0.717, 1.165) is 11.1 Å². The Kier molecular flexibility index (Phi) is 7.17. The number of aryl methyl sites for hydroxylation is 1. The highest BCUT2D eigenvalue weighted by Gasteiger charge is 2.21. The fourth-order valence-corrected chi connectivity index (χ4v) is 3.26. The summed E-state index contributed by atoms with van der Waals surface area (Å²) in [7, 11) is 1.29. The number of ether oxygens (including phenoxy) is 1. The molecule has 2 N–H and O–H groups in total. The molecular weight excluding hydrogens is 392 g/mol. The number of amides is 2. The maximum Gasteiger partial charge on any atom is 0.339 e. The highest BCUT2D eigenvalue weighted by molar-refractivity contribution is 6.02. The van der Waals surface area contributed by atoms with Crippen LogP contribution in [0.2, 0.25) is 0 Å². The van der Waals surface area contributed by atoms with Gasteiger partial charge in [-0.1, -0.05) is 60.7 Å². The van der Waals surface area contributed by atoms with Gasteiger partial charge in [0.05, 0.1) is 30.8 Å². The summed E-state index contributed by atoms with van der Waals surface area (Å²) in [6, 6.07) is 22.7. The number of para-hydroxylation sites is 1. The van der Waals surface area contributed by atoms with Gasteiger partial charge in [0.25, 0.3) is 5.91 Å². The zero-order chi connectivity index (χ0) is 22.2. The zero-order valence-electron chi connectivity index (χ0n) is 17.4. The molecule has 2 amide bonds. The number of rotatable bonds is 7. The highest BCUT2D eigenvalue weighted by Crippen LogP contribution is 2.24. The molecule has 0 aliphatic heterocycles. The van der Waals surface area contributed by atoms with Crippen LogP contribution in [0.1, 0.15) is 44.3 Å². The predicted octanol–water partition coefficient (Wildman–Crippen LogP) is 4.28. The van der Waals surface area contributed by atoms with Crippen LogP contribution in [0.3, 0.4) is 0 Å². The molecule has 0 saturated heterocycles. The summed E-state index contributed by atoms with van der Waals surface area (Å²) in [5.41, 5.74) is 2.73. The van der Waals surface area contributed by atoms with Crippen LogP contribution in [-0.2, 0) is 9.53 Å². The van der Waals surface area contributed by atoms with Gasteiger partial charge < -0.3 is 15.4 Å². The second-order valence-electron chi connectivity index (χ2n) is 7.04. The van der Waals surface area contributed by atoms with Crippen LogP contribution in [0.5, 0.6) is 0 Å². The molecule has 0 radical (unpaired) electrons. The van der Waals surface area contributed by atoms with Crippen molar-refractivity contribution in [3.63, 3.8) is 0 Å². The summed E-state index contributed by atoms with van der Waals surface area (Å²) in [5, 5.41) is 5.75. The summed E-state index contributed by atoms with van der Waals surface area (Å²) in [6.45, 7) is 1.80. The minimum atomic E-state index is -0.542. The van der Waals surface area contributed by atoms with Crippen LogP contribution in [0.15, 0.2) is 78.9 Å². The molecule has 1 unspecified atom stereocenters. The van der Waals surface area contributed by atoms with Crippen molar-refractivity contribution in [3.8, 4) is 0 Å². The van der Waals surface area contributed by atoms with Gasteiger partial charge in [-0.15, -0.1) is 0 Å². The summed E-state index contributed by atoms with van der Waals surface area (Å²) in [4.78, 5) is 37.7. The average molecular weight is 416 g/mol. The molecule has 158 valence electrons. The normalized spacial score (nSPS) is 11.3. The van der Waals surface area contributed by atoms with Gasteiger partial charge in [-0.25, -0.2) is 4.79 Å². The SMILES string of the molecule is COC(=O)c1cccc(C)c1NC(=O)CC(NC(=O)c1ccccc1)c1ccccc1. The van der Waals surface area contributed by atoms with Gasteiger partial charge in [0.2, 0.25) is 5.91 Å². The minimum Gasteiger partial charge on any atom is -0.465 e. The van der Waals surface area contributed by atoms with E-state index >= 15 is 0 Å². The Morgan fingerprint density at radius 2 is 1.52 bits per heavy atom. The van der Waals surface area contributed by atoms with Crippen LogP contribution in [0, 0.1) is 6.92 Å². The topological polar surface area (TPSA) is 84.5 Å². The van der Waals surface area contributed by atoms with E-state index in [9.17, 15) is 14.4 Å². The minimum absolute atomic E-state index is 0.00245. The number of esters is 1. The van der Waals surface area contributed by atoms with Crippen LogP contribution in [-0.4, -0.2) is 24.9 Å². The lowest BCUT2D eigenvalue weighted by Gasteiger charge is -2.20. The van der Waals surface area contributed by atoms with E-state index in [-0.39, 0.29) is 23.8 Å². The first-order valence-corrected chi connectivity index (χ1v) is 9.88. The highest BCUT2D eigenvalue weighted by atomic mass is 16.5. The Bertz CT molecular complexity index is 1070. The number of anilines is 1. The van der Waals surface area contributed by atoms with Gasteiger partial charge in [0, 0.05) is 5.56 Å². The summed E-state index contributed by atoms with van der Waals surface area (Å²) >= 11 is 0. The first-order valence-electron chi connectivity index (χ1n) is 9.88. The largest absolute Gasteiger partial charge is 0.465 e. The van der Waals surface area contributed by atoms with E-state index < -0.39 is 12.0 Å². The third-order valence-corrected chi connectivity index (χ3v) is 4.88. The molecule has 3 aromatic rings. The van der Waals surface area contributed by atoms with E-state index in [1.807, 2.05) is 36.4 Å². The quantitative estimate of drug-likeness (QED) is 0.563. The van der Waals surface area contributed by atoms with Crippen molar-refractivity contribution >= 4 is 23.5 Å². The Morgan fingerprint density at radius 3 is 2.16 bits per heavy atom. The Hall–Kier alpha value is -3.93. The molecule has 0 saturated carbocycles. The Morgan fingerprint density at radius 1 is 0.871 bits per heavy atom. The van der Waals surface area contributed by atoms with Crippen molar-refractivity contribution in [1.82, 2.24) is 5.32 Å². The zero-order valence-corrected chi connectivity index (χ0v) is 17.4. The number of carbonyl (C=O) groups excluding carboxylic acids is 3. The first kappa shape index (κ1) is 21.8. The first-order chi connectivity index (χ1) is 15.0. The van der Waals surface area contributed by atoms with Crippen molar-refractivity contribution in [2.75, 3.05) is 12.4 Å². The van der Waals surface area contributed by atoms with Gasteiger partial charge in [0.15, 0.2) is 0 Å². The predicted molar refractivity (Wildman–Crippen MR) is 119 cm³/mol. The molecular formula is C25H24N2O4. The molecule has 0 fully saturated rings. The molecule has 6 nitrogen and oxygen atoms in total. The van der Waals surface area contributed by atoms with Crippen LogP contribution >= 0.6 is 0 Å². The van der Waals surface area contributed by atoms with Crippen molar-refractivity contribution in [3.05, 3.63) is 101 Å². The molecule has 0 aliphatic rings. The fraction of sp³-hybridized carbons (Fsp3) is 0.160. The number of hydrogen-bond donors (Lipinski definition) is 2. The summed E-state index contributed by atoms with van der Waals surface area (Å²) in [6.07, 6.45) is -0.00245. The Balaban J connectivity index is 1.81. The molecule has 0 bridgehead atoms. The Labute approximate surface area is 181 Å². The number of nitrogens with one attached hydrogen (secondary N) is 2. The molecule has 0 spiro atoms. The van der Waals surface area contributed by atoms with Gasteiger partial charge in [-0.3, -0.25) is 9.59 Å². The maximum atomic E-state index is 12.9. The standard InChI is InChI=1S/C25H24N2O4/c1-17-10-9-15-20(25(30)31-2)23(17)27-22(28)16-21(18-11-5-3-6-12-18)26-24(29)19-13-7-4-8-14-19/h3-15,21H,16H2,1-2H3,(H,26,29)(H,27,28). The number of carbonyl (C=O) groups is 3.